The van der Waals surface area contributed by atoms with Gasteiger partial charge in [-0.2, -0.15) is 0 Å². The molecule has 0 aliphatic rings. The van der Waals surface area contributed by atoms with Gasteiger partial charge in [0.1, 0.15) is 17.4 Å². The van der Waals surface area contributed by atoms with Gasteiger partial charge in [0.25, 0.3) is 0 Å². The van der Waals surface area contributed by atoms with Crippen molar-refractivity contribution in [2.75, 3.05) is 0 Å². The summed E-state index contributed by atoms with van der Waals surface area (Å²) < 4.78 is 26.6. The summed E-state index contributed by atoms with van der Waals surface area (Å²) in [6, 6.07) is 3.17. The van der Waals surface area contributed by atoms with E-state index in [0.717, 1.165) is 12.1 Å². The van der Waals surface area contributed by atoms with E-state index in [0.29, 0.717) is 0 Å². The maximum absolute atomic E-state index is 13.3. The maximum Gasteiger partial charge on any atom is 0.176 e. The maximum atomic E-state index is 13.3. The van der Waals surface area contributed by atoms with Gasteiger partial charge in [-0.3, -0.25) is 9.59 Å². The third-order valence-electron chi connectivity index (χ3n) is 2.40. The molecular weight excluding hydrogens is 226 g/mol. The smallest absolute Gasteiger partial charge is 0.176 e. The molecule has 0 N–H and O–H groups in total. The molecule has 0 amide bonds. The number of carbonyl (C=O) groups excluding carboxylic acids is 2. The van der Waals surface area contributed by atoms with E-state index in [2.05, 4.69) is 0 Å². The molecule has 0 unspecified atom stereocenters. The van der Waals surface area contributed by atoms with Crippen LogP contribution in [-0.2, 0) is 4.79 Å². The van der Waals surface area contributed by atoms with Gasteiger partial charge >= 0.3 is 0 Å². The minimum atomic E-state index is -0.934. The minimum absolute atomic E-state index is 0.342. The van der Waals surface area contributed by atoms with Crippen LogP contribution in [0.4, 0.5) is 8.78 Å². The highest BCUT2D eigenvalue weighted by Gasteiger charge is 2.26. The van der Waals surface area contributed by atoms with Gasteiger partial charge in [-0.05, 0) is 12.1 Å². The molecule has 2 nitrogen and oxygen atoms in total. The lowest BCUT2D eigenvalue weighted by molar-refractivity contribution is -0.125. The van der Waals surface area contributed by atoms with Gasteiger partial charge < -0.3 is 0 Å². The standard InChI is InChI=1S/C13H14F2O2/c1-13(2,3)11(17)7-10(16)12-8(14)5-4-6-9(12)15/h4-6H,7H2,1-3H3. The van der Waals surface area contributed by atoms with E-state index in [1.54, 1.807) is 20.8 Å². The Morgan fingerprint density at radius 3 is 2.00 bits per heavy atom. The zero-order chi connectivity index (χ0) is 13.2. The molecule has 0 aliphatic heterocycles. The number of hydrogen-bond acceptors (Lipinski definition) is 2. The van der Waals surface area contributed by atoms with Gasteiger partial charge in [-0.25, -0.2) is 8.78 Å². The summed E-state index contributed by atoms with van der Waals surface area (Å²) in [4.78, 5) is 23.2. The Morgan fingerprint density at radius 1 is 1.12 bits per heavy atom. The van der Waals surface area contributed by atoms with Crippen LogP contribution in [0.1, 0.15) is 37.6 Å². The zero-order valence-electron chi connectivity index (χ0n) is 10.0. The Balaban J connectivity index is 2.96. The molecule has 4 heteroatoms. The van der Waals surface area contributed by atoms with Gasteiger partial charge in [-0.1, -0.05) is 26.8 Å². The van der Waals surface area contributed by atoms with Crippen molar-refractivity contribution >= 4 is 11.6 Å². The van der Waals surface area contributed by atoms with Crippen molar-refractivity contribution in [1.82, 2.24) is 0 Å². The van der Waals surface area contributed by atoms with E-state index in [-0.39, 0.29) is 5.78 Å². The van der Waals surface area contributed by atoms with Crippen LogP contribution in [-0.4, -0.2) is 11.6 Å². The normalized spacial score (nSPS) is 11.4. The molecule has 0 heterocycles. The highest BCUT2D eigenvalue weighted by molar-refractivity contribution is 6.09. The summed E-state index contributed by atoms with van der Waals surface area (Å²) in [7, 11) is 0. The second-order valence-corrected chi connectivity index (χ2v) is 4.87. The van der Waals surface area contributed by atoms with Crippen LogP contribution in [0, 0.1) is 17.0 Å². The quantitative estimate of drug-likeness (QED) is 0.600. The van der Waals surface area contributed by atoms with Crippen molar-refractivity contribution in [2.45, 2.75) is 27.2 Å². The molecule has 0 bridgehead atoms. The molecule has 0 saturated heterocycles. The number of Topliss-reactive ketones (excluding diaryl/α,β-unsaturated/α-hetero) is 2. The predicted molar refractivity (Wildman–Crippen MR) is 59.8 cm³/mol. The first-order chi connectivity index (χ1) is 7.73. The summed E-state index contributed by atoms with van der Waals surface area (Å²) in [6.45, 7) is 4.96. The summed E-state index contributed by atoms with van der Waals surface area (Å²) in [5.74, 6) is -3.03. The Labute approximate surface area is 98.6 Å². The fourth-order valence-corrected chi connectivity index (χ4v) is 1.26. The topological polar surface area (TPSA) is 34.1 Å². The van der Waals surface area contributed by atoms with Crippen LogP contribution >= 0.6 is 0 Å². The Bertz CT molecular complexity index is 439. The molecule has 92 valence electrons. The third kappa shape index (κ3) is 3.19. The van der Waals surface area contributed by atoms with Gasteiger partial charge in [0.05, 0.1) is 12.0 Å². The fourth-order valence-electron chi connectivity index (χ4n) is 1.26. The number of halogens is 2. The molecule has 0 aliphatic carbocycles. The van der Waals surface area contributed by atoms with Crippen LogP contribution in [0.2, 0.25) is 0 Å². The highest BCUT2D eigenvalue weighted by atomic mass is 19.1. The van der Waals surface area contributed by atoms with Crippen molar-refractivity contribution in [2.24, 2.45) is 5.41 Å². The lowest BCUT2D eigenvalue weighted by Crippen LogP contribution is -2.23. The fraction of sp³-hybridized carbons (Fsp3) is 0.385. The van der Waals surface area contributed by atoms with E-state index in [1.807, 2.05) is 0 Å². The zero-order valence-corrected chi connectivity index (χ0v) is 10.0. The lowest BCUT2D eigenvalue weighted by atomic mass is 9.87. The number of rotatable bonds is 3. The van der Waals surface area contributed by atoms with E-state index < -0.39 is 34.8 Å². The summed E-state index contributed by atoms with van der Waals surface area (Å²) >= 11 is 0. The largest absolute Gasteiger partial charge is 0.299 e. The van der Waals surface area contributed by atoms with Crippen molar-refractivity contribution < 1.29 is 18.4 Å². The van der Waals surface area contributed by atoms with Gasteiger partial charge in [0.15, 0.2) is 5.78 Å². The number of ketones is 2. The molecule has 0 radical (unpaired) electrons. The van der Waals surface area contributed by atoms with Crippen LogP contribution in [0.25, 0.3) is 0 Å². The number of carbonyl (C=O) groups is 2. The molecule has 1 aromatic rings. The second kappa shape index (κ2) is 4.73. The third-order valence-corrected chi connectivity index (χ3v) is 2.40. The predicted octanol–water partition coefficient (Wildman–Crippen LogP) is 3.15. The highest BCUT2D eigenvalue weighted by Crippen LogP contribution is 2.20. The monoisotopic (exact) mass is 240 g/mol. The molecule has 1 aromatic carbocycles. The van der Waals surface area contributed by atoms with Gasteiger partial charge in [-0.15, -0.1) is 0 Å². The van der Waals surface area contributed by atoms with E-state index in [4.69, 9.17) is 0 Å². The molecular formula is C13H14F2O2. The minimum Gasteiger partial charge on any atom is -0.299 e. The molecule has 0 aromatic heterocycles. The lowest BCUT2D eigenvalue weighted by Gasteiger charge is -2.15. The molecule has 0 atom stereocenters. The molecule has 17 heavy (non-hydrogen) atoms. The first-order valence-corrected chi connectivity index (χ1v) is 5.24. The summed E-state index contributed by atoms with van der Waals surface area (Å²) in [5.41, 5.74) is -1.33. The van der Waals surface area contributed by atoms with Crippen molar-refractivity contribution in [3.63, 3.8) is 0 Å². The van der Waals surface area contributed by atoms with Crippen molar-refractivity contribution in [3.05, 3.63) is 35.4 Å². The SMILES string of the molecule is CC(C)(C)C(=O)CC(=O)c1c(F)cccc1F. The van der Waals surface area contributed by atoms with E-state index >= 15 is 0 Å². The Morgan fingerprint density at radius 2 is 1.59 bits per heavy atom. The van der Waals surface area contributed by atoms with E-state index in [9.17, 15) is 18.4 Å². The van der Waals surface area contributed by atoms with Crippen LogP contribution < -0.4 is 0 Å². The van der Waals surface area contributed by atoms with Gasteiger partial charge in [0, 0.05) is 5.41 Å². The molecule has 0 spiro atoms. The van der Waals surface area contributed by atoms with Crippen LogP contribution in [0.5, 0.6) is 0 Å². The second-order valence-electron chi connectivity index (χ2n) is 4.87. The molecule has 0 saturated carbocycles. The average molecular weight is 240 g/mol. The first kappa shape index (κ1) is 13.5. The van der Waals surface area contributed by atoms with Crippen LogP contribution in [0.3, 0.4) is 0 Å². The molecule has 1 rings (SSSR count). The summed E-state index contributed by atoms with van der Waals surface area (Å²) in [6.07, 6.45) is -0.485. The average Bonchev–Trinajstić information content (AvgIpc) is 2.15. The van der Waals surface area contributed by atoms with Crippen LogP contribution in [0.15, 0.2) is 18.2 Å². The van der Waals surface area contributed by atoms with Crippen molar-refractivity contribution in [3.8, 4) is 0 Å². The summed E-state index contributed by atoms with van der Waals surface area (Å²) in [5, 5.41) is 0. The first-order valence-electron chi connectivity index (χ1n) is 5.24. The van der Waals surface area contributed by atoms with Gasteiger partial charge in [0.2, 0.25) is 0 Å². The molecule has 0 fully saturated rings. The van der Waals surface area contributed by atoms with Crippen molar-refractivity contribution in [1.29, 1.82) is 0 Å². The Hall–Kier alpha value is -1.58. The Kier molecular flexibility index (Phi) is 3.76. The number of hydrogen-bond donors (Lipinski definition) is 0. The number of benzene rings is 1. The van der Waals surface area contributed by atoms with E-state index in [1.165, 1.54) is 6.07 Å².